The van der Waals surface area contributed by atoms with Crippen LogP contribution < -0.4 is 18.1 Å². The molecule has 8 nitrogen and oxygen atoms in total. The molecular weight excluding hydrogens is 787 g/mol. The topological polar surface area (TPSA) is 61.9 Å². The van der Waals surface area contributed by atoms with Gasteiger partial charge in [-0.25, -0.2) is 0 Å². The van der Waals surface area contributed by atoms with Crippen molar-refractivity contribution >= 4 is 17.2 Å². The zero-order valence-corrected chi connectivity index (χ0v) is 40.2. The van der Waals surface area contributed by atoms with E-state index in [1.807, 2.05) is 48.5 Å². The summed E-state index contributed by atoms with van der Waals surface area (Å²) >= 11 is 0. The molecule has 60 heavy (non-hydrogen) atoms. The van der Waals surface area contributed by atoms with E-state index < -0.39 is 17.2 Å². The molecule has 0 spiro atoms. The van der Waals surface area contributed by atoms with E-state index in [1.165, 1.54) is 0 Å². The van der Waals surface area contributed by atoms with Gasteiger partial charge in [-0.3, -0.25) is 18.8 Å². The van der Waals surface area contributed by atoms with Gasteiger partial charge in [0.15, 0.2) is 0 Å². The van der Waals surface area contributed by atoms with E-state index >= 15 is 0 Å². The van der Waals surface area contributed by atoms with Crippen LogP contribution in [-0.4, -0.2) is 58.3 Å². The van der Waals surface area contributed by atoms with Crippen LogP contribution in [0.4, 0.5) is 0 Å². The van der Waals surface area contributed by atoms with Crippen LogP contribution in [0.15, 0.2) is 97.1 Å². The fraction of sp³-hybridized carbons (Fsp3) is 0.520. The second-order valence-electron chi connectivity index (χ2n) is 20.8. The largest absolute Gasteiger partial charge is 0.463 e. The summed E-state index contributed by atoms with van der Waals surface area (Å²) in [4.78, 5) is 4.92. The first-order chi connectivity index (χ1) is 27.9. The monoisotopic (exact) mass is 854 g/mol. The van der Waals surface area contributed by atoms with Gasteiger partial charge in [-0.1, -0.05) is 76.2 Å². The molecule has 2 saturated heterocycles. The highest BCUT2D eigenvalue weighted by Gasteiger charge is 2.46. The summed E-state index contributed by atoms with van der Waals surface area (Å²) in [7, 11) is 0.863. The Kier molecular flexibility index (Phi) is 12.3. The summed E-state index contributed by atoms with van der Waals surface area (Å²) < 4.78 is 40.2. The van der Waals surface area contributed by atoms with Crippen LogP contribution in [0.25, 0.3) is 0 Å². The number of piperidine rings is 2. The molecule has 4 aromatic carbocycles. The fourth-order valence-corrected chi connectivity index (χ4v) is 11.7. The number of nitrogens with zero attached hydrogens (tertiary/aromatic N) is 2. The molecule has 9 aliphatic heterocycles. The minimum atomic E-state index is -1.78. The van der Waals surface area contributed by atoms with E-state index in [1.54, 1.807) is 0 Å². The number of hydrogen-bond donors (Lipinski definition) is 0. The Balaban J connectivity index is 1.21. The summed E-state index contributed by atoms with van der Waals surface area (Å²) in [6.45, 7) is 27.2. The highest BCUT2D eigenvalue weighted by Crippen LogP contribution is 2.51. The second kappa shape index (κ2) is 16.5. The highest BCUT2D eigenvalue weighted by atomic mass is 31.2. The number of benzene rings is 4. The highest BCUT2D eigenvalue weighted by molar-refractivity contribution is 7.42. The van der Waals surface area contributed by atoms with Gasteiger partial charge in [0.2, 0.25) is 0 Å². The average molecular weight is 855 g/mol. The Hall–Kier alpha value is -3.22. The maximum absolute atomic E-state index is 6.82. The first kappa shape index (κ1) is 44.8. The summed E-state index contributed by atoms with van der Waals surface area (Å²) in [6.07, 6.45) is 3.42. The van der Waals surface area contributed by atoms with Crippen LogP contribution in [0.1, 0.15) is 131 Å². The van der Waals surface area contributed by atoms with Gasteiger partial charge in [-0.05, 0) is 166 Å². The van der Waals surface area contributed by atoms with E-state index in [-0.39, 0.29) is 45.2 Å². The van der Waals surface area contributed by atoms with E-state index in [0.29, 0.717) is 23.0 Å². The van der Waals surface area contributed by atoms with Crippen molar-refractivity contribution in [1.82, 2.24) is 9.80 Å². The summed E-state index contributed by atoms with van der Waals surface area (Å²) in [6, 6.07) is 33.4. The van der Waals surface area contributed by atoms with E-state index in [4.69, 9.17) is 27.1 Å². The lowest BCUT2D eigenvalue weighted by Crippen LogP contribution is -2.60. The van der Waals surface area contributed by atoms with Gasteiger partial charge in [0, 0.05) is 33.0 Å². The van der Waals surface area contributed by atoms with Crippen molar-refractivity contribution in [2.75, 3.05) is 14.1 Å². The zero-order valence-electron chi connectivity index (χ0n) is 38.5. The van der Waals surface area contributed by atoms with Crippen molar-refractivity contribution in [3.8, 4) is 23.0 Å². The summed E-state index contributed by atoms with van der Waals surface area (Å²) in [5, 5.41) is 0. The molecule has 13 rings (SSSR count). The van der Waals surface area contributed by atoms with Crippen LogP contribution in [0.3, 0.4) is 0 Å². The standard InChI is InChI=1S/C50H68N2O6P2/c1-45(2)31-43(32-46(3,4)51(45)13)57-59-53-39-23-15-35(16-24-39)49(9,10)37-19-27-41(28-20-37)55-60(58-44-33-47(5,6)52(14)48(7,8)34-44)56-42-29-21-38(22-30-42)50(11,12)36-17-25-40(54-59)26-18-36/h15-30,43-44H,31-34H2,1-14H3. The molecule has 324 valence electrons. The fourth-order valence-electron chi connectivity index (χ4n) is 9.48. The molecule has 0 saturated carbocycles. The van der Waals surface area contributed by atoms with Gasteiger partial charge >= 0.3 is 17.2 Å². The summed E-state index contributed by atoms with van der Waals surface area (Å²) in [5.41, 5.74) is 3.87. The van der Waals surface area contributed by atoms with Crippen molar-refractivity contribution in [1.29, 1.82) is 0 Å². The van der Waals surface area contributed by atoms with Crippen LogP contribution in [-0.2, 0) is 19.9 Å². The van der Waals surface area contributed by atoms with Gasteiger partial charge in [-0.2, -0.15) is 0 Å². The third-order valence-corrected chi connectivity index (χ3v) is 16.4. The Labute approximate surface area is 363 Å². The van der Waals surface area contributed by atoms with Gasteiger partial charge < -0.3 is 18.1 Å². The molecule has 0 N–H and O–H groups in total. The normalized spacial score (nSPS) is 25.1. The maximum Gasteiger partial charge on any atom is 0.463 e. The zero-order chi connectivity index (χ0) is 43.5. The van der Waals surface area contributed by atoms with Crippen molar-refractivity contribution in [2.24, 2.45) is 0 Å². The first-order valence-electron chi connectivity index (χ1n) is 21.5. The molecule has 0 aliphatic carbocycles. The lowest BCUT2D eigenvalue weighted by Gasteiger charge is -2.53. The quantitative estimate of drug-likeness (QED) is 0.188. The number of rotatable bonds is 4. The van der Waals surface area contributed by atoms with Gasteiger partial charge in [-0.15, -0.1) is 0 Å². The first-order valence-corrected chi connectivity index (χ1v) is 23.7. The lowest BCUT2D eigenvalue weighted by atomic mass is 9.78. The summed E-state index contributed by atoms with van der Waals surface area (Å²) in [5.74, 6) is 2.82. The number of likely N-dealkylation sites (tertiary alicyclic amines) is 2. The molecule has 10 heteroatoms. The van der Waals surface area contributed by atoms with Gasteiger partial charge in [0.1, 0.15) is 23.0 Å². The molecular formula is C50H68N2O6P2. The van der Waals surface area contributed by atoms with Crippen LogP contribution in [0, 0.1) is 0 Å². The molecule has 0 atom stereocenters. The molecule has 8 bridgehead atoms. The van der Waals surface area contributed by atoms with Crippen molar-refractivity contribution in [3.05, 3.63) is 119 Å². The third kappa shape index (κ3) is 9.55. The van der Waals surface area contributed by atoms with E-state index in [9.17, 15) is 0 Å². The Morgan fingerprint density at radius 3 is 0.783 bits per heavy atom. The predicted molar refractivity (Wildman–Crippen MR) is 246 cm³/mol. The SMILES string of the molecule is CN1C(C)(C)CC(OP2Oc3ccc(cc3)C(C)(C)c3ccc(cc3)OP(OC3CC(C)(C)N(C)C(C)(C)C3)Oc3ccc(cc3)C(C)(C)c3ccc(cc3)O2)CC1(C)C. The molecule has 4 aromatic rings. The lowest BCUT2D eigenvalue weighted by molar-refractivity contribution is -0.0577. The minimum Gasteiger partial charge on any atom is -0.418 e. The molecule has 0 amide bonds. The van der Waals surface area contributed by atoms with Crippen LogP contribution in [0.2, 0.25) is 0 Å². The average Bonchev–Trinajstić information content (AvgIpc) is 3.16. The molecule has 9 aliphatic rings. The maximum atomic E-state index is 6.82. The van der Waals surface area contributed by atoms with Crippen molar-refractivity contribution in [3.63, 3.8) is 0 Å². The number of hydrogen-bond acceptors (Lipinski definition) is 8. The van der Waals surface area contributed by atoms with Crippen molar-refractivity contribution < 1.29 is 27.1 Å². The van der Waals surface area contributed by atoms with E-state index in [0.717, 1.165) is 47.9 Å². The molecule has 2 fully saturated rings. The second-order valence-corrected chi connectivity index (χ2v) is 22.8. The third-order valence-electron chi connectivity index (χ3n) is 14.0. The Morgan fingerprint density at radius 2 is 0.583 bits per heavy atom. The van der Waals surface area contributed by atoms with Crippen LogP contribution >= 0.6 is 17.2 Å². The van der Waals surface area contributed by atoms with Crippen LogP contribution in [0.5, 0.6) is 23.0 Å². The Morgan fingerprint density at radius 1 is 0.383 bits per heavy atom. The molecule has 0 aromatic heterocycles. The molecule has 9 heterocycles. The molecule has 0 unspecified atom stereocenters. The van der Waals surface area contributed by atoms with Gasteiger partial charge in [0.05, 0.1) is 12.2 Å². The Bertz CT molecular complexity index is 1790. The van der Waals surface area contributed by atoms with E-state index in [2.05, 4.69) is 156 Å². The van der Waals surface area contributed by atoms with Crippen molar-refractivity contribution in [2.45, 2.75) is 154 Å². The molecule has 0 radical (unpaired) electrons. The smallest absolute Gasteiger partial charge is 0.418 e. The minimum absolute atomic E-state index is 0.0314. The van der Waals surface area contributed by atoms with Gasteiger partial charge in [0.25, 0.3) is 0 Å². The predicted octanol–water partition coefficient (Wildman–Crippen LogP) is 13.4.